The molecule has 0 aromatic heterocycles. The number of hydrogen-bond donors (Lipinski definition) is 3. The predicted molar refractivity (Wildman–Crippen MR) is 112 cm³/mol. The molecule has 8 nitrogen and oxygen atoms in total. The number of primary amides is 1. The SMILES string of the molecule is CC(C)CCNC(=O)[C@H](CC(C)C)NC(=O)[C@H]1OC(c2ccccc2)O[C@@H]1C(N)=O. The van der Waals surface area contributed by atoms with Crippen LogP contribution in [0.2, 0.25) is 0 Å². The van der Waals surface area contributed by atoms with Crippen molar-refractivity contribution in [3.63, 3.8) is 0 Å². The first-order chi connectivity index (χ1) is 14.2. The van der Waals surface area contributed by atoms with Crippen LogP contribution in [-0.2, 0) is 23.9 Å². The fourth-order valence-electron chi connectivity index (χ4n) is 3.19. The molecule has 1 fully saturated rings. The van der Waals surface area contributed by atoms with Crippen molar-refractivity contribution >= 4 is 17.7 Å². The molecule has 2 rings (SSSR count). The van der Waals surface area contributed by atoms with Gasteiger partial charge in [-0.2, -0.15) is 0 Å². The molecule has 0 bridgehead atoms. The van der Waals surface area contributed by atoms with Crippen molar-refractivity contribution in [1.29, 1.82) is 0 Å². The highest BCUT2D eigenvalue weighted by atomic mass is 16.7. The molecule has 1 unspecified atom stereocenters. The quantitative estimate of drug-likeness (QED) is 0.533. The topological polar surface area (TPSA) is 120 Å². The molecular weight excluding hydrogens is 386 g/mol. The summed E-state index contributed by atoms with van der Waals surface area (Å²) in [7, 11) is 0. The Morgan fingerprint density at radius 2 is 1.63 bits per heavy atom. The van der Waals surface area contributed by atoms with Crippen LogP contribution in [0.3, 0.4) is 0 Å². The zero-order chi connectivity index (χ0) is 22.3. The van der Waals surface area contributed by atoms with Crippen LogP contribution >= 0.6 is 0 Å². The lowest BCUT2D eigenvalue weighted by molar-refractivity contribution is -0.138. The lowest BCUT2D eigenvalue weighted by atomic mass is 10.0. The molecule has 0 aliphatic carbocycles. The minimum atomic E-state index is -1.24. The van der Waals surface area contributed by atoms with Gasteiger partial charge in [-0.15, -0.1) is 0 Å². The van der Waals surface area contributed by atoms with Gasteiger partial charge in [0.1, 0.15) is 6.04 Å². The third-order valence-electron chi connectivity index (χ3n) is 4.79. The molecule has 1 saturated heterocycles. The Kier molecular flexibility index (Phi) is 8.80. The van der Waals surface area contributed by atoms with Crippen LogP contribution in [0.5, 0.6) is 0 Å². The van der Waals surface area contributed by atoms with Crippen molar-refractivity contribution < 1.29 is 23.9 Å². The van der Waals surface area contributed by atoms with E-state index in [0.29, 0.717) is 24.4 Å². The van der Waals surface area contributed by atoms with Gasteiger partial charge in [-0.05, 0) is 24.7 Å². The second-order valence-electron chi connectivity index (χ2n) is 8.42. The Bertz CT molecular complexity index is 723. The van der Waals surface area contributed by atoms with Gasteiger partial charge in [0.2, 0.25) is 11.8 Å². The Morgan fingerprint density at radius 3 is 2.20 bits per heavy atom. The fraction of sp³-hybridized carbons (Fsp3) is 0.591. The van der Waals surface area contributed by atoms with Gasteiger partial charge < -0.3 is 25.8 Å². The molecule has 1 heterocycles. The number of hydrogen-bond acceptors (Lipinski definition) is 5. The van der Waals surface area contributed by atoms with Gasteiger partial charge in [0.15, 0.2) is 18.5 Å². The summed E-state index contributed by atoms with van der Waals surface area (Å²) in [6.07, 6.45) is -2.06. The first-order valence-corrected chi connectivity index (χ1v) is 10.4. The molecule has 3 amide bonds. The van der Waals surface area contributed by atoms with E-state index in [1.165, 1.54) is 0 Å². The van der Waals surface area contributed by atoms with Gasteiger partial charge in [-0.1, -0.05) is 58.0 Å². The molecular formula is C22H33N3O5. The van der Waals surface area contributed by atoms with Gasteiger partial charge in [0.05, 0.1) is 0 Å². The first-order valence-electron chi connectivity index (χ1n) is 10.4. The summed E-state index contributed by atoms with van der Waals surface area (Å²) in [6, 6.07) is 8.24. The average Bonchev–Trinajstić information content (AvgIpc) is 3.13. The molecule has 4 N–H and O–H groups in total. The summed E-state index contributed by atoms with van der Waals surface area (Å²) < 4.78 is 11.3. The van der Waals surface area contributed by atoms with E-state index in [1.807, 2.05) is 19.9 Å². The first kappa shape index (κ1) is 23.8. The highest BCUT2D eigenvalue weighted by Gasteiger charge is 2.45. The van der Waals surface area contributed by atoms with Gasteiger partial charge in [-0.3, -0.25) is 14.4 Å². The average molecular weight is 420 g/mol. The maximum Gasteiger partial charge on any atom is 0.253 e. The summed E-state index contributed by atoms with van der Waals surface area (Å²) in [4.78, 5) is 37.4. The normalized spacial score (nSPS) is 22.1. The van der Waals surface area contributed by atoms with E-state index in [9.17, 15) is 14.4 Å². The number of nitrogens with two attached hydrogens (primary N) is 1. The Labute approximate surface area is 177 Å². The molecule has 8 heteroatoms. The number of benzene rings is 1. The molecule has 0 spiro atoms. The van der Waals surface area contributed by atoms with Crippen LogP contribution in [0, 0.1) is 11.8 Å². The van der Waals surface area contributed by atoms with Crippen molar-refractivity contribution in [2.45, 2.75) is 65.1 Å². The van der Waals surface area contributed by atoms with Crippen LogP contribution in [0.25, 0.3) is 0 Å². The number of ether oxygens (including phenoxy) is 2. The third-order valence-corrected chi connectivity index (χ3v) is 4.79. The molecule has 166 valence electrons. The Hall–Kier alpha value is -2.45. The van der Waals surface area contributed by atoms with Crippen LogP contribution in [-0.4, -0.2) is 42.5 Å². The Balaban J connectivity index is 2.08. The van der Waals surface area contributed by atoms with Crippen molar-refractivity contribution in [2.75, 3.05) is 6.54 Å². The fourth-order valence-corrected chi connectivity index (χ4v) is 3.19. The molecule has 1 aromatic rings. The molecule has 30 heavy (non-hydrogen) atoms. The van der Waals surface area contributed by atoms with Crippen LogP contribution < -0.4 is 16.4 Å². The molecule has 1 aliphatic rings. The number of rotatable bonds is 10. The Morgan fingerprint density at radius 1 is 1.00 bits per heavy atom. The zero-order valence-electron chi connectivity index (χ0n) is 18.1. The van der Waals surface area contributed by atoms with Crippen molar-refractivity contribution in [3.8, 4) is 0 Å². The third kappa shape index (κ3) is 6.81. The number of carbonyl (C=O) groups excluding carboxylic acids is 3. The second kappa shape index (κ2) is 11.1. The van der Waals surface area contributed by atoms with Crippen LogP contribution in [0.4, 0.5) is 0 Å². The van der Waals surface area contributed by atoms with Crippen LogP contribution in [0.1, 0.15) is 52.4 Å². The summed E-state index contributed by atoms with van der Waals surface area (Å²) in [5.74, 6) is -1.02. The lowest BCUT2D eigenvalue weighted by Gasteiger charge is -2.23. The molecule has 1 aliphatic heterocycles. The minimum Gasteiger partial charge on any atom is -0.367 e. The van der Waals surface area contributed by atoms with Gasteiger partial charge in [-0.25, -0.2) is 0 Å². The van der Waals surface area contributed by atoms with Gasteiger partial charge >= 0.3 is 0 Å². The summed E-state index contributed by atoms with van der Waals surface area (Å²) >= 11 is 0. The van der Waals surface area contributed by atoms with E-state index in [4.69, 9.17) is 15.2 Å². The van der Waals surface area contributed by atoms with Crippen molar-refractivity contribution in [2.24, 2.45) is 17.6 Å². The molecule has 0 saturated carbocycles. The van der Waals surface area contributed by atoms with Crippen LogP contribution in [0.15, 0.2) is 30.3 Å². The maximum atomic E-state index is 12.9. The minimum absolute atomic E-state index is 0.177. The van der Waals surface area contributed by atoms with E-state index in [-0.39, 0.29) is 11.8 Å². The summed E-state index contributed by atoms with van der Waals surface area (Å²) in [5.41, 5.74) is 6.10. The molecule has 0 radical (unpaired) electrons. The number of nitrogens with one attached hydrogen (secondary N) is 2. The monoisotopic (exact) mass is 419 g/mol. The number of amides is 3. The van der Waals surface area contributed by atoms with E-state index < -0.39 is 36.4 Å². The highest BCUT2D eigenvalue weighted by Crippen LogP contribution is 2.31. The highest BCUT2D eigenvalue weighted by molar-refractivity contribution is 5.93. The predicted octanol–water partition coefficient (Wildman–Crippen LogP) is 1.65. The maximum absolute atomic E-state index is 12.9. The summed E-state index contributed by atoms with van der Waals surface area (Å²) in [6.45, 7) is 8.61. The zero-order valence-corrected chi connectivity index (χ0v) is 18.1. The van der Waals surface area contributed by atoms with Crippen molar-refractivity contribution in [3.05, 3.63) is 35.9 Å². The van der Waals surface area contributed by atoms with Crippen molar-refractivity contribution in [1.82, 2.24) is 10.6 Å². The largest absolute Gasteiger partial charge is 0.367 e. The van der Waals surface area contributed by atoms with E-state index in [1.54, 1.807) is 24.3 Å². The van der Waals surface area contributed by atoms with E-state index >= 15 is 0 Å². The van der Waals surface area contributed by atoms with Gasteiger partial charge in [0.25, 0.3) is 5.91 Å². The van der Waals surface area contributed by atoms with E-state index in [0.717, 1.165) is 6.42 Å². The molecule has 1 aromatic carbocycles. The lowest BCUT2D eigenvalue weighted by Crippen LogP contribution is -2.53. The molecule has 4 atom stereocenters. The smallest absolute Gasteiger partial charge is 0.253 e. The second-order valence-corrected chi connectivity index (χ2v) is 8.42. The van der Waals surface area contributed by atoms with E-state index in [2.05, 4.69) is 24.5 Å². The number of carbonyl (C=O) groups is 3. The van der Waals surface area contributed by atoms with Gasteiger partial charge in [0, 0.05) is 12.1 Å². The standard InChI is InChI=1S/C22H33N3O5/c1-13(2)10-11-24-20(27)16(12-14(3)4)25-21(28)18-17(19(23)26)29-22(30-18)15-8-6-5-7-9-15/h5-9,13-14,16-18,22H,10-12H2,1-4H3,(H2,23,26)(H,24,27)(H,25,28)/t16-,17-,18-,22?/m0/s1. The summed E-state index contributed by atoms with van der Waals surface area (Å²) in [5, 5.41) is 5.59.